The number of alkyl carbamates (subject to hydrolysis) is 1. The van der Waals surface area contributed by atoms with Crippen molar-refractivity contribution in [2.45, 2.75) is 62.6 Å². The molecule has 1 fully saturated rings. The Morgan fingerprint density at radius 3 is 2.87 bits per heavy atom. The van der Waals surface area contributed by atoms with Gasteiger partial charge in [-0.2, -0.15) is 9.40 Å². The summed E-state index contributed by atoms with van der Waals surface area (Å²) in [7, 11) is -1.78. The van der Waals surface area contributed by atoms with Gasteiger partial charge in [0.05, 0.1) is 4.90 Å². The number of aromatic amines is 1. The van der Waals surface area contributed by atoms with E-state index in [1.807, 2.05) is 26.0 Å². The summed E-state index contributed by atoms with van der Waals surface area (Å²) in [5.41, 5.74) is 2.56. The zero-order chi connectivity index (χ0) is 21.5. The molecule has 0 spiro atoms. The molecule has 30 heavy (non-hydrogen) atoms. The molecule has 0 bridgehead atoms. The van der Waals surface area contributed by atoms with E-state index in [9.17, 15) is 13.2 Å². The van der Waals surface area contributed by atoms with Crippen molar-refractivity contribution in [2.75, 3.05) is 12.4 Å². The van der Waals surface area contributed by atoms with Gasteiger partial charge in [0.25, 0.3) is 0 Å². The molecule has 1 aromatic heterocycles. The summed E-state index contributed by atoms with van der Waals surface area (Å²) in [5, 5.41) is 13.4. The standard InChI is InChI=1S/C20H27N5O4S/c1-12(2)21-20(26)29-16-6-4-13(9-16)17-10-19(24-23-17)22-15-5-7-18-14(8-15)11-25(3)30(18,27)28/h5,7-8,10,12-13,16H,4,6,9,11H2,1-3H3,(H,21,26)(H2,22,23,24)/t13-,16+/m1/s1. The third kappa shape index (κ3) is 4.15. The highest BCUT2D eigenvalue weighted by Crippen LogP contribution is 2.36. The summed E-state index contributed by atoms with van der Waals surface area (Å²) in [6, 6.07) is 7.23. The number of aromatic nitrogens is 2. The van der Waals surface area contributed by atoms with E-state index in [0.29, 0.717) is 17.3 Å². The van der Waals surface area contributed by atoms with Crippen LogP contribution >= 0.6 is 0 Å². The maximum absolute atomic E-state index is 12.2. The molecule has 1 amide bonds. The Kier molecular flexibility index (Phi) is 5.46. The van der Waals surface area contributed by atoms with Gasteiger partial charge in [-0.05, 0) is 56.9 Å². The zero-order valence-electron chi connectivity index (χ0n) is 17.3. The molecule has 0 unspecified atom stereocenters. The van der Waals surface area contributed by atoms with Crippen molar-refractivity contribution in [1.29, 1.82) is 0 Å². The lowest BCUT2D eigenvalue weighted by molar-refractivity contribution is 0.0981. The highest BCUT2D eigenvalue weighted by molar-refractivity contribution is 7.89. The lowest BCUT2D eigenvalue weighted by Crippen LogP contribution is -2.33. The monoisotopic (exact) mass is 433 g/mol. The van der Waals surface area contributed by atoms with Crippen LogP contribution in [0.1, 0.15) is 50.3 Å². The van der Waals surface area contributed by atoms with E-state index in [2.05, 4.69) is 20.8 Å². The molecule has 10 heteroatoms. The number of rotatable bonds is 5. The summed E-state index contributed by atoms with van der Waals surface area (Å²) >= 11 is 0. The highest BCUT2D eigenvalue weighted by atomic mass is 32.2. The van der Waals surface area contributed by atoms with Crippen LogP contribution in [-0.4, -0.2) is 48.2 Å². The van der Waals surface area contributed by atoms with Crippen LogP contribution in [0.15, 0.2) is 29.2 Å². The number of anilines is 2. The van der Waals surface area contributed by atoms with Gasteiger partial charge in [-0.15, -0.1) is 0 Å². The molecule has 9 nitrogen and oxygen atoms in total. The summed E-state index contributed by atoms with van der Waals surface area (Å²) in [5.74, 6) is 0.921. The summed E-state index contributed by atoms with van der Waals surface area (Å²) in [6.07, 6.45) is 2.04. The molecule has 1 aromatic carbocycles. The number of benzene rings is 1. The van der Waals surface area contributed by atoms with Crippen LogP contribution in [0.2, 0.25) is 0 Å². The smallest absolute Gasteiger partial charge is 0.407 e. The van der Waals surface area contributed by atoms with E-state index < -0.39 is 10.0 Å². The average molecular weight is 434 g/mol. The topological polar surface area (TPSA) is 116 Å². The third-order valence-electron chi connectivity index (χ3n) is 5.52. The zero-order valence-corrected chi connectivity index (χ0v) is 18.1. The van der Waals surface area contributed by atoms with Crippen LogP contribution in [-0.2, 0) is 21.3 Å². The van der Waals surface area contributed by atoms with Gasteiger partial charge in [-0.3, -0.25) is 5.10 Å². The average Bonchev–Trinajstić information content (AvgIpc) is 3.34. The second-order valence-electron chi connectivity index (χ2n) is 8.25. The Bertz CT molecular complexity index is 1050. The van der Waals surface area contributed by atoms with Crippen molar-refractivity contribution in [1.82, 2.24) is 19.8 Å². The molecule has 162 valence electrons. The van der Waals surface area contributed by atoms with Crippen LogP contribution in [0.4, 0.5) is 16.3 Å². The van der Waals surface area contributed by atoms with Gasteiger partial charge in [-0.25, -0.2) is 13.2 Å². The maximum atomic E-state index is 12.2. The molecule has 2 atom stereocenters. The van der Waals surface area contributed by atoms with Crippen molar-refractivity contribution in [3.63, 3.8) is 0 Å². The van der Waals surface area contributed by atoms with Gasteiger partial charge in [-0.1, -0.05) is 0 Å². The van der Waals surface area contributed by atoms with Crippen molar-refractivity contribution >= 4 is 27.6 Å². The number of carbonyl (C=O) groups excluding carboxylic acids is 1. The Morgan fingerprint density at radius 1 is 1.30 bits per heavy atom. The number of sulfonamides is 1. The molecule has 2 heterocycles. The van der Waals surface area contributed by atoms with E-state index in [1.165, 1.54) is 4.31 Å². The van der Waals surface area contributed by atoms with Crippen LogP contribution in [0.3, 0.4) is 0 Å². The van der Waals surface area contributed by atoms with Crippen LogP contribution < -0.4 is 10.6 Å². The van der Waals surface area contributed by atoms with Crippen LogP contribution in [0.5, 0.6) is 0 Å². The highest BCUT2D eigenvalue weighted by Gasteiger charge is 2.32. The number of hydrogen-bond donors (Lipinski definition) is 3. The summed E-state index contributed by atoms with van der Waals surface area (Å²) in [4.78, 5) is 12.2. The van der Waals surface area contributed by atoms with Crippen molar-refractivity contribution < 1.29 is 17.9 Å². The second kappa shape index (κ2) is 7.92. The Hall–Kier alpha value is -2.59. The lowest BCUT2D eigenvalue weighted by Gasteiger charge is -2.14. The van der Waals surface area contributed by atoms with Gasteiger partial charge in [0.15, 0.2) is 5.82 Å². The molecule has 2 aromatic rings. The molecule has 1 aliphatic carbocycles. The molecule has 3 N–H and O–H groups in total. The number of H-pyrrole nitrogens is 1. The first-order chi connectivity index (χ1) is 14.2. The molecule has 1 saturated carbocycles. The van der Waals surface area contributed by atoms with Gasteiger partial charge < -0.3 is 15.4 Å². The minimum atomic E-state index is -3.36. The second-order valence-corrected chi connectivity index (χ2v) is 10.3. The number of nitrogens with zero attached hydrogens (tertiary/aromatic N) is 2. The molecule has 0 saturated heterocycles. The minimum Gasteiger partial charge on any atom is -0.446 e. The lowest BCUT2D eigenvalue weighted by atomic mass is 10.0. The van der Waals surface area contributed by atoms with Gasteiger partial charge in [0, 0.05) is 43.0 Å². The van der Waals surface area contributed by atoms with Crippen molar-refractivity contribution in [2.24, 2.45) is 0 Å². The molecule has 1 aliphatic heterocycles. The Balaban J connectivity index is 1.38. The molecule has 2 aliphatic rings. The number of ether oxygens (including phenoxy) is 1. The molecule has 0 radical (unpaired) electrons. The first kappa shape index (κ1) is 20.7. The Labute approximate surface area is 176 Å². The van der Waals surface area contributed by atoms with Gasteiger partial charge in [0.1, 0.15) is 6.10 Å². The minimum absolute atomic E-state index is 0.0515. The third-order valence-corrected chi connectivity index (χ3v) is 7.42. The first-order valence-corrected chi connectivity index (χ1v) is 11.5. The van der Waals surface area contributed by atoms with Crippen molar-refractivity contribution in [3.8, 4) is 0 Å². The fourth-order valence-corrected chi connectivity index (χ4v) is 5.37. The fraction of sp³-hybridized carbons (Fsp3) is 0.500. The largest absolute Gasteiger partial charge is 0.446 e. The normalized spacial score (nSPS) is 22.8. The summed E-state index contributed by atoms with van der Waals surface area (Å²) in [6.45, 7) is 4.17. The Morgan fingerprint density at radius 2 is 2.10 bits per heavy atom. The van der Waals surface area contributed by atoms with Crippen LogP contribution in [0.25, 0.3) is 0 Å². The van der Waals surface area contributed by atoms with Crippen LogP contribution in [0, 0.1) is 0 Å². The fourth-order valence-electron chi connectivity index (χ4n) is 4.03. The van der Waals surface area contributed by atoms with Gasteiger partial charge >= 0.3 is 6.09 Å². The van der Waals surface area contributed by atoms with Crippen molar-refractivity contribution in [3.05, 3.63) is 35.5 Å². The predicted molar refractivity (Wildman–Crippen MR) is 112 cm³/mol. The number of amides is 1. The molecular weight excluding hydrogens is 406 g/mol. The number of fused-ring (bicyclic) bond motifs is 1. The first-order valence-electron chi connectivity index (χ1n) is 10.1. The number of nitrogens with one attached hydrogen (secondary N) is 3. The predicted octanol–water partition coefficient (Wildman–Crippen LogP) is 3.06. The summed E-state index contributed by atoms with van der Waals surface area (Å²) < 4.78 is 31.2. The SMILES string of the molecule is CC(C)NC(=O)O[C@H]1CC[C@@H](c2cc(Nc3ccc4c(c3)CN(C)S4(=O)=O)n[nH]2)C1. The maximum Gasteiger partial charge on any atom is 0.407 e. The molecule has 4 rings (SSSR count). The van der Waals surface area contributed by atoms with E-state index in [0.717, 1.165) is 36.2 Å². The number of carbonyl (C=O) groups is 1. The molecular formula is C20H27N5O4S. The van der Waals surface area contributed by atoms with E-state index in [4.69, 9.17) is 4.74 Å². The van der Waals surface area contributed by atoms with E-state index in [1.54, 1.807) is 19.2 Å². The number of hydrogen-bond acceptors (Lipinski definition) is 6. The van der Waals surface area contributed by atoms with E-state index in [-0.39, 0.29) is 24.2 Å². The van der Waals surface area contributed by atoms with E-state index >= 15 is 0 Å². The van der Waals surface area contributed by atoms with Gasteiger partial charge in [0.2, 0.25) is 10.0 Å². The quantitative estimate of drug-likeness (QED) is 0.667.